The van der Waals surface area contributed by atoms with Gasteiger partial charge in [0.25, 0.3) is 5.56 Å². The average Bonchev–Trinajstić information content (AvgIpc) is 2.86. The number of nitrogens with zero attached hydrogens (tertiary/aromatic N) is 2. The number of anilines is 1. The summed E-state index contributed by atoms with van der Waals surface area (Å²) in [4.78, 5) is 30.3. The van der Waals surface area contributed by atoms with Gasteiger partial charge in [0.2, 0.25) is 5.91 Å². The topological polar surface area (TPSA) is 73.2 Å². The molecule has 0 radical (unpaired) electrons. The number of ether oxygens (including phenoxy) is 1. The van der Waals surface area contributed by atoms with E-state index in [1.807, 2.05) is 0 Å². The van der Waals surface area contributed by atoms with E-state index in [2.05, 4.69) is 10.3 Å². The smallest absolute Gasteiger partial charge is 0.416 e. The molecular formula is C25H17F6N3O3S. The maximum atomic E-state index is 13.3. The number of aromatic nitrogens is 2. The Balaban J connectivity index is 1.65. The second kappa shape index (κ2) is 10.4. The molecule has 0 atom stereocenters. The lowest BCUT2D eigenvalue weighted by Gasteiger charge is -2.15. The Bertz CT molecular complexity index is 1520. The summed E-state index contributed by atoms with van der Waals surface area (Å²) in [5.41, 5.74) is -3.46. The highest BCUT2D eigenvalue weighted by atomic mass is 32.2. The molecule has 4 aromatic rings. The van der Waals surface area contributed by atoms with Crippen LogP contribution in [0.5, 0.6) is 5.75 Å². The SMILES string of the molecule is COc1ccc(-n2c(SCC(=O)Nc3cc(C(F)(F)F)cc(C(F)(F)F)c3)nc3ccccc3c2=O)cc1. The Labute approximate surface area is 215 Å². The number of methoxy groups -OCH3 is 1. The number of benzene rings is 3. The first-order valence-electron chi connectivity index (χ1n) is 10.7. The Morgan fingerprint density at radius 2 is 1.55 bits per heavy atom. The fraction of sp³-hybridized carbons (Fsp3) is 0.160. The summed E-state index contributed by atoms with van der Waals surface area (Å²) in [5, 5.41) is 2.47. The lowest BCUT2D eigenvalue weighted by atomic mass is 10.1. The van der Waals surface area contributed by atoms with E-state index in [0.717, 1.165) is 11.8 Å². The van der Waals surface area contributed by atoms with Crippen LogP contribution < -0.4 is 15.6 Å². The van der Waals surface area contributed by atoms with Crippen LogP contribution in [0, 0.1) is 0 Å². The van der Waals surface area contributed by atoms with Crippen LogP contribution in [0.3, 0.4) is 0 Å². The number of thioether (sulfide) groups is 1. The van der Waals surface area contributed by atoms with Crippen LogP contribution in [0.1, 0.15) is 11.1 Å². The van der Waals surface area contributed by atoms with Gasteiger partial charge < -0.3 is 10.1 Å². The van der Waals surface area contributed by atoms with Gasteiger partial charge in [-0.1, -0.05) is 23.9 Å². The van der Waals surface area contributed by atoms with Gasteiger partial charge in [-0.15, -0.1) is 0 Å². The number of alkyl halides is 6. The van der Waals surface area contributed by atoms with Gasteiger partial charge in [-0.2, -0.15) is 26.3 Å². The molecule has 0 saturated heterocycles. The molecule has 1 aromatic heterocycles. The number of hydrogen-bond acceptors (Lipinski definition) is 5. The van der Waals surface area contributed by atoms with Crippen LogP contribution in [-0.2, 0) is 17.1 Å². The summed E-state index contributed by atoms with van der Waals surface area (Å²) in [6.07, 6.45) is -10.1. The van der Waals surface area contributed by atoms with Gasteiger partial charge in [-0.25, -0.2) is 4.98 Å². The lowest BCUT2D eigenvalue weighted by Crippen LogP contribution is -2.23. The van der Waals surface area contributed by atoms with Gasteiger partial charge in [-0.05, 0) is 54.6 Å². The van der Waals surface area contributed by atoms with Crippen LogP contribution in [0.4, 0.5) is 32.0 Å². The number of rotatable bonds is 6. The molecule has 6 nitrogen and oxygen atoms in total. The zero-order valence-corrected chi connectivity index (χ0v) is 20.2. The standard InChI is InChI=1S/C25H17F6N3O3S/c1-37-18-8-6-17(7-9-18)34-22(36)19-4-2-3-5-20(19)33-23(34)38-13-21(35)32-16-11-14(24(26,27)28)10-15(12-16)25(29,30)31/h2-12H,13H2,1H3,(H,32,35). The van der Waals surface area contributed by atoms with E-state index in [1.165, 1.54) is 11.7 Å². The van der Waals surface area contributed by atoms with Crippen molar-refractivity contribution < 1.29 is 35.9 Å². The highest BCUT2D eigenvalue weighted by Gasteiger charge is 2.37. The summed E-state index contributed by atoms with van der Waals surface area (Å²) in [6.45, 7) is 0. The summed E-state index contributed by atoms with van der Waals surface area (Å²) >= 11 is 0.792. The molecule has 38 heavy (non-hydrogen) atoms. The third-order valence-electron chi connectivity index (χ3n) is 5.28. The number of carbonyl (C=O) groups is 1. The van der Waals surface area contributed by atoms with Crippen LogP contribution in [0.15, 0.2) is 76.7 Å². The predicted octanol–water partition coefficient (Wildman–Crippen LogP) is 6.16. The van der Waals surface area contributed by atoms with Crippen molar-refractivity contribution in [2.45, 2.75) is 17.5 Å². The third-order valence-corrected chi connectivity index (χ3v) is 6.22. The molecule has 0 spiro atoms. The van der Waals surface area contributed by atoms with Crippen molar-refractivity contribution in [3.63, 3.8) is 0 Å². The first-order valence-corrected chi connectivity index (χ1v) is 11.7. The van der Waals surface area contributed by atoms with Crippen LogP contribution in [-0.4, -0.2) is 28.3 Å². The summed E-state index contributed by atoms with van der Waals surface area (Å²) < 4.78 is 85.2. The van der Waals surface area contributed by atoms with Crippen LogP contribution in [0.25, 0.3) is 16.6 Å². The van der Waals surface area contributed by atoms with Crippen molar-refractivity contribution >= 4 is 34.3 Å². The molecule has 198 valence electrons. The molecule has 0 aliphatic carbocycles. The monoisotopic (exact) mass is 553 g/mol. The van der Waals surface area contributed by atoms with E-state index >= 15 is 0 Å². The molecule has 0 unspecified atom stereocenters. The van der Waals surface area contributed by atoms with Crippen molar-refractivity contribution in [1.29, 1.82) is 0 Å². The minimum Gasteiger partial charge on any atom is -0.497 e. The van der Waals surface area contributed by atoms with Crippen LogP contribution >= 0.6 is 11.8 Å². The molecule has 0 aliphatic rings. The number of nitrogens with one attached hydrogen (secondary N) is 1. The second-order valence-electron chi connectivity index (χ2n) is 7.88. The maximum Gasteiger partial charge on any atom is 0.416 e. The molecule has 0 bridgehead atoms. The molecule has 0 fully saturated rings. The lowest BCUT2D eigenvalue weighted by molar-refractivity contribution is -0.143. The number of para-hydroxylation sites is 1. The number of fused-ring (bicyclic) bond motifs is 1. The molecule has 13 heteroatoms. The van der Waals surface area contributed by atoms with Crippen molar-refractivity contribution in [3.05, 3.63) is 88.2 Å². The van der Waals surface area contributed by atoms with Crippen molar-refractivity contribution in [2.75, 3.05) is 18.2 Å². The van der Waals surface area contributed by atoms with E-state index in [1.54, 1.807) is 48.5 Å². The van der Waals surface area contributed by atoms with Crippen LogP contribution in [0.2, 0.25) is 0 Å². The largest absolute Gasteiger partial charge is 0.497 e. The molecule has 1 heterocycles. The summed E-state index contributed by atoms with van der Waals surface area (Å²) in [6, 6.07) is 13.7. The van der Waals surface area contributed by atoms with E-state index in [-0.39, 0.29) is 11.2 Å². The highest BCUT2D eigenvalue weighted by molar-refractivity contribution is 7.99. The molecule has 0 aliphatic heterocycles. The van der Waals surface area contributed by atoms with E-state index in [4.69, 9.17) is 4.74 Å². The van der Waals surface area contributed by atoms with Gasteiger partial charge in [0.1, 0.15) is 5.75 Å². The molecule has 4 rings (SSSR count). The third kappa shape index (κ3) is 5.93. The zero-order valence-electron chi connectivity index (χ0n) is 19.4. The van der Waals surface area contributed by atoms with Crippen molar-refractivity contribution in [1.82, 2.24) is 9.55 Å². The van der Waals surface area contributed by atoms with Gasteiger partial charge >= 0.3 is 12.4 Å². The minimum absolute atomic E-state index is 0.0308. The molecule has 1 amide bonds. The summed E-state index contributed by atoms with van der Waals surface area (Å²) in [5.74, 6) is -0.826. The van der Waals surface area contributed by atoms with E-state index < -0.39 is 46.4 Å². The number of carbonyl (C=O) groups excluding carboxylic acids is 1. The van der Waals surface area contributed by atoms with Crippen molar-refractivity contribution in [3.8, 4) is 11.4 Å². The minimum atomic E-state index is -5.06. The maximum absolute atomic E-state index is 13.3. The Morgan fingerprint density at radius 3 is 2.13 bits per heavy atom. The molecule has 1 N–H and O–H groups in total. The number of halogens is 6. The Hall–Kier alpha value is -4.00. The fourth-order valence-corrected chi connectivity index (χ4v) is 4.34. The van der Waals surface area contributed by atoms with Gasteiger partial charge in [0, 0.05) is 5.69 Å². The molecule has 0 saturated carbocycles. The number of amides is 1. The highest BCUT2D eigenvalue weighted by Crippen LogP contribution is 2.37. The van der Waals surface area contributed by atoms with Gasteiger partial charge in [0.05, 0.1) is 40.6 Å². The molecule has 3 aromatic carbocycles. The predicted molar refractivity (Wildman–Crippen MR) is 130 cm³/mol. The Kier molecular flexibility index (Phi) is 7.40. The molecular weight excluding hydrogens is 536 g/mol. The van der Waals surface area contributed by atoms with Crippen molar-refractivity contribution in [2.24, 2.45) is 0 Å². The first kappa shape index (κ1) is 27.0. The fourth-order valence-electron chi connectivity index (χ4n) is 3.52. The summed E-state index contributed by atoms with van der Waals surface area (Å²) in [7, 11) is 1.47. The Morgan fingerprint density at radius 1 is 0.947 bits per heavy atom. The quantitative estimate of drug-likeness (QED) is 0.176. The number of hydrogen-bond donors (Lipinski definition) is 1. The van der Waals surface area contributed by atoms with E-state index in [0.29, 0.717) is 34.5 Å². The van der Waals surface area contributed by atoms with Gasteiger partial charge in [0.15, 0.2) is 5.16 Å². The second-order valence-corrected chi connectivity index (χ2v) is 8.82. The normalized spacial score (nSPS) is 12.0. The van der Waals surface area contributed by atoms with E-state index in [9.17, 15) is 35.9 Å². The average molecular weight is 553 g/mol. The zero-order chi connectivity index (χ0) is 27.7. The first-order chi connectivity index (χ1) is 17.9. The van der Waals surface area contributed by atoms with Gasteiger partial charge in [-0.3, -0.25) is 14.2 Å².